The van der Waals surface area contributed by atoms with Crippen LogP contribution in [0.15, 0.2) is 41.2 Å². The van der Waals surface area contributed by atoms with Crippen LogP contribution in [-0.4, -0.2) is 70.0 Å². The van der Waals surface area contributed by atoms with Gasteiger partial charge in [-0.2, -0.15) is 0 Å². The maximum absolute atomic E-state index is 13.6. The second-order valence-corrected chi connectivity index (χ2v) is 9.94. The Morgan fingerprint density at radius 3 is 2.51 bits per heavy atom. The predicted molar refractivity (Wildman–Crippen MR) is 145 cm³/mol. The zero-order chi connectivity index (χ0) is 26.1. The number of pyridine rings is 1. The van der Waals surface area contributed by atoms with E-state index in [1.807, 2.05) is 19.1 Å². The minimum absolute atomic E-state index is 0.107. The van der Waals surface area contributed by atoms with E-state index in [1.54, 1.807) is 11.8 Å². The maximum Gasteiger partial charge on any atom is 0.253 e. The van der Waals surface area contributed by atoms with E-state index in [4.69, 9.17) is 4.74 Å². The third-order valence-electron chi connectivity index (χ3n) is 7.67. The summed E-state index contributed by atoms with van der Waals surface area (Å²) < 4.78 is 7.05. The lowest BCUT2D eigenvalue weighted by molar-refractivity contribution is 0.171. The Kier molecular flexibility index (Phi) is 7.08. The third kappa shape index (κ3) is 4.76. The summed E-state index contributed by atoms with van der Waals surface area (Å²) in [5, 5.41) is 13.7. The molecule has 2 aromatic heterocycles. The van der Waals surface area contributed by atoms with Gasteiger partial charge in [0.1, 0.15) is 6.04 Å². The number of rotatable bonds is 7. The Balaban J connectivity index is 1.55. The molecule has 37 heavy (non-hydrogen) atoms. The molecule has 0 aliphatic carbocycles. The number of tetrazole rings is 1. The number of methoxy groups -OCH3 is 1. The van der Waals surface area contributed by atoms with E-state index in [0.29, 0.717) is 24.5 Å². The van der Waals surface area contributed by atoms with Crippen molar-refractivity contribution in [3.05, 3.63) is 80.4 Å². The van der Waals surface area contributed by atoms with Gasteiger partial charge in [-0.3, -0.25) is 9.69 Å². The summed E-state index contributed by atoms with van der Waals surface area (Å²) in [4.78, 5) is 21.5. The molecular formula is C28H35N7O2. The van der Waals surface area contributed by atoms with E-state index >= 15 is 0 Å². The van der Waals surface area contributed by atoms with Crippen molar-refractivity contribution in [3.63, 3.8) is 0 Å². The van der Waals surface area contributed by atoms with Gasteiger partial charge < -0.3 is 14.6 Å². The van der Waals surface area contributed by atoms with E-state index in [9.17, 15) is 4.79 Å². The fourth-order valence-corrected chi connectivity index (χ4v) is 5.34. The van der Waals surface area contributed by atoms with Gasteiger partial charge in [-0.1, -0.05) is 24.3 Å². The quantitative estimate of drug-likeness (QED) is 0.415. The Hall–Kier alpha value is -3.56. The number of nitrogens with zero attached hydrogens (tertiary/aromatic N) is 6. The Labute approximate surface area is 217 Å². The molecule has 1 aliphatic heterocycles. The largest absolute Gasteiger partial charge is 0.383 e. The minimum Gasteiger partial charge on any atom is -0.383 e. The fourth-order valence-electron chi connectivity index (χ4n) is 5.34. The summed E-state index contributed by atoms with van der Waals surface area (Å²) in [7, 11) is 1.66. The van der Waals surface area contributed by atoms with Gasteiger partial charge in [-0.25, -0.2) is 4.68 Å². The molecule has 0 saturated carbocycles. The van der Waals surface area contributed by atoms with Gasteiger partial charge in [0, 0.05) is 49.9 Å². The van der Waals surface area contributed by atoms with Crippen LogP contribution in [0.25, 0.3) is 10.9 Å². The summed E-state index contributed by atoms with van der Waals surface area (Å²) in [5.41, 5.74) is 7.49. The Bertz CT molecular complexity index is 1470. The average molecular weight is 502 g/mol. The van der Waals surface area contributed by atoms with Gasteiger partial charge >= 0.3 is 0 Å². The van der Waals surface area contributed by atoms with Crippen molar-refractivity contribution >= 4 is 16.6 Å². The highest BCUT2D eigenvalue weighted by molar-refractivity contribution is 5.85. The third-order valence-corrected chi connectivity index (χ3v) is 7.67. The standard InChI is InChI=1S/C28H35N7O2/c1-18-7-6-8-24(21(18)4)33-11-13-34(14-12-33)26(27-30-31-32-35(27)15-16-37-5)23-17-22-19(2)9-10-20(3)25(22)29-28(23)36/h6-10,17,26H,11-16H2,1-5H3,(H,29,36)/t26-/m1/s1. The molecule has 5 rings (SSSR count). The van der Waals surface area contributed by atoms with Crippen molar-refractivity contribution < 1.29 is 4.74 Å². The molecule has 1 saturated heterocycles. The molecule has 9 nitrogen and oxygen atoms in total. The molecule has 0 spiro atoms. The molecule has 1 N–H and O–H groups in total. The normalized spacial score (nSPS) is 15.4. The first-order chi connectivity index (χ1) is 17.9. The maximum atomic E-state index is 13.6. The highest BCUT2D eigenvalue weighted by Gasteiger charge is 2.33. The molecule has 9 heteroatoms. The second-order valence-electron chi connectivity index (χ2n) is 9.94. The SMILES string of the molecule is COCCn1nnnc1[C@@H](c1cc2c(C)ccc(C)c2[nH]c1=O)N1CCN(c2cccc(C)c2C)CC1. The number of aromatic nitrogens is 5. The van der Waals surface area contributed by atoms with Crippen molar-refractivity contribution in [2.24, 2.45) is 0 Å². The number of H-pyrrole nitrogens is 1. The van der Waals surface area contributed by atoms with Crippen LogP contribution in [0.4, 0.5) is 5.69 Å². The first-order valence-electron chi connectivity index (χ1n) is 12.8. The predicted octanol–water partition coefficient (Wildman–Crippen LogP) is 3.31. The summed E-state index contributed by atoms with van der Waals surface area (Å²) in [6.07, 6.45) is 0. The van der Waals surface area contributed by atoms with Crippen LogP contribution < -0.4 is 10.5 Å². The number of aromatic amines is 1. The van der Waals surface area contributed by atoms with Crippen molar-refractivity contribution in [3.8, 4) is 0 Å². The van der Waals surface area contributed by atoms with Gasteiger partial charge in [0.05, 0.1) is 18.7 Å². The van der Waals surface area contributed by atoms with Crippen molar-refractivity contribution in [2.45, 2.75) is 40.3 Å². The minimum atomic E-state index is -0.374. The molecule has 2 aromatic carbocycles. The summed E-state index contributed by atoms with van der Waals surface area (Å²) >= 11 is 0. The van der Waals surface area contributed by atoms with Gasteiger partial charge in [0.15, 0.2) is 5.82 Å². The number of piperazine rings is 1. The van der Waals surface area contributed by atoms with E-state index in [1.165, 1.54) is 16.8 Å². The highest BCUT2D eigenvalue weighted by atomic mass is 16.5. The first kappa shape index (κ1) is 25.1. The van der Waals surface area contributed by atoms with Crippen LogP contribution in [0.5, 0.6) is 0 Å². The first-order valence-corrected chi connectivity index (χ1v) is 12.8. The van der Waals surface area contributed by atoms with Gasteiger partial charge in [0.25, 0.3) is 5.56 Å². The van der Waals surface area contributed by atoms with Crippen molar-refractivity contribution in [2.75, 3.05) is 44.8 Å². The highest BCUT2D eigenvalue weighted by Crippen LogP contribution is 2.31. The fraction of sp³-hybridized carbons (Fsp3) is 0.429. The summed E-state index contributed by atoms with van der Waals surface area (Å²) in [5.74, 6) is 0.660. The van der Waals surface area contributed by atoms with Gasteiger partial charge in [-0.15, -0.1) is 5.10 Å². The molecular weight excluding hydrogens is 466 g/mol. The molecule has 3 heterocycles. The lowest BCUT2D eigenvalue weighted by Crippen LogP contribution is -2.49. The van der Waals surface area contributed by atoms with E-state index in [2.05, 4.69) is 75.3 Å². The molecule has 0 radical (unpaired) electrons. The number of fused-ring (bicyclic) bond motifs is 1. The zero-order valence-electron chi connectivity index (χ0n) is 22.3. The number of benzene rings is 2. The number of anilines is 1. The van der Waals surface area contributed by atoms with Gasteiger partial charge in [0.2, 0.25) is 0 Å². The molecule has 4 aromatic rings. The lowest BCUT2D eigenvalue weighted by atomic mass is 9.99. The molecule has 1 fully saturated rings. The molecule has 1 atom stereocenters. The van der Waals surface area contributed by atoms with Crippen LogP contribution in [0.3, 0.4) is 0 Å². The molecule has 0 amide bonds. The number of hydrogen-bond donors (Lipinski definition) is 1. The van der Waals surface area contributed by atoms with Crippen LogP contribution in [-0.2, 0) is 11.3 Å². The average Bonchev–Trinajstić information content (AvgIpc) is 3.36. The number of aryl methyl sites for hydroxylation is 3. The smallest absolute Gasteiger partial charge is 0.253 e. The number of nitrogens with one attached hydrogen (secondary N) is 1. The number of hydrogen-bond acceptors (Lipinski definition) is 7. The molecule has 0 bridgehead atoms. The van der Waals surface area contributed by atoms with Gasteiger partial charge in [-0.05, 0) is 72.5 Å². The topological polar surface area (TPSA) is 92.2 Å². The van der Waals surface area contributed by atoms with Crippen molar-refractivity contribution in [1.82, 2.24) is 30.1 Å². The van der Waals surface area contributed by atoms with E-state index < -0.39 is 0 Å². The monoisotopic (exact) mass is 501 g/mol. The molecule has 194 valence electrons. The Morgan fingerprint density at radius 2 is 1.76 bits per heavy atom. The molecule has 0 unspecified atom stereocenters. The van der Waals surface area contributed by atoms with Crippen LogP contribution >= 0.6 is 0 Å². The summed E-state index contributed by atoms with van der Waals surface area (Å²) in [6.45, 7) is 12.7. The Morgan fingerprint density at radius 1 is 1.00 bits per heavy atom. The van der Waals surface area contributed by atoms with Crippen LogP contribution in [0.2, 0.25) is 0 Å². The van der Waals surface area contributed by atoms with Crippen LogP contribution in [0.1, 0.15) is 39.7 Å². The lowest BCUT2D eigenvalue weighted by Gasteiger charge is -2.40. The number of ether oxygens (including phenoxy) is 1. The second kappa shape index (κ2) is 10.4. The molecule has 1 aliphatic rings. The van der Waals surface area contributed by atoms with Crippen molar-refractivity contribution in [1.29, 1.82) is 0 Å². The summed E-state index contributed by atoms with van der Waals surface area (Å²) in [6, 6.07) is 12.3. The van der Waals surface area contributed by atoms with E-state index in [-0.39, 0.29) is 11.6 Å². The van der Waals surface area contributed by atoms with E-state index in [0.717, 1.165) is 48.2 Å². The zero-order valence-corrected chi connectivity index (χ0v) is 22.3. The van der Waals surface area contributed by atoms with Crippen LogP contribution in [0, 0.1) is 27.7 Å².